The lowest BCUT2D eigenvalue weighted by Gasteiger charge is -2.23. The van der Waals surface area contributed by atoms with Crippen molar-refractivity contribution in [3.05, 3.63) is 24.3 Å². The Morgan fingerprint density at radius 3 is 2.43 bits per heavy atom. The average molecular weight is 319 g/mol. The van der Waals surface area contributed by atoms with Crippen molar-refractivity contribution in [3.63, 3.8) is 0 Å². The van der Waals surface area contributed by atoms with E-state index in [-0.39, 0.29) is 24.3 Å². The van der Waals surface area contributed by atoms with Crippen LogP contribution in [0.25, 0.3) is 0 Å². The molecule has 6 heteroatoms. The Morgan fingerprint density at radius 2 is 1.90 bits per heavy atom. The second kappa shape index (κ2) is 11.3. The van der Waals surface area contributed by atoms with Crippen LogP contribution in [0.1, 0.15) is 19.8 Å². The fourth-order valence-corrected chi connectivity index (χ4v) is 1.22. The zero-order valence-electron chi connectivity index (χ0n) is 13.4. The number of carbonyl (C=O) groups is 2. The van der Waals surface area contributed by atoms with E-state index in [1.165, 1.54) is 6.08 Å². The van der Waals surface area contributed by atoms with Gasteiger partial charge in [0.1, 0.15) is 13.2 Å². The molecule has 0 aromatic rings. The van der Waals surface area contributed by atoms with E-state index in [4.69, 9.17) is 4.74 Å². The number of nitrogens with one attached hydrogen (secondary N) is 1. The number of unbranched alkanes of at least 4 members (excludes halogenated alkanes) is 1. The minimum absolute atomic E-state index is 0. The van der Waals surface area contributed by atoms with Crippen molar-refractivity contribution in [2.24, 2.45) is 0 Å². The normalized spacial score (nSPS) is 10.9. The van der Waals surface area contributed by atoms with Crippen LogP contribution in [0.5, 0.6) is 0 Å². The summed E-state index contributed by atoms with van der Waals surface area (Å²) in [5.74, 6) is -0.446. The second-order valence-corrected chi connectivity index (χ2v) is 5.76. The van der Waals surface area contributed by atoms with Crippen molar-refractivity contribution in [1.29, 1.82) is 0 Å². The lowest BCUT2D eigenvalue weighted by Crippen LogP contribution is -3.00. The van der Waals surface area contributed by atoms with Crippen LogP contribution in [-0.4, -0.2) is 57.2 Å². The third kappa shape index (κ3) is 14.9. The fraction of sp³-hybridized carbons (Fsp3) is 0.600. The Bertz CT molecular complexity index is 374. The highest BCUT2D eigenvalue weighted by Gasteiger charge is 2.07. The van der Waals surface area contributed by atoms with Gasteiger partial charge in [-0.25, -0.2) is 4.79 Å². The molecule has 0 rings (SSSR count). The molecule has 1 amide bonds. The molecule has 0 heterocycles. The van der Waals surface area contributed by atoms with Crippen LogP contribution in [-0.2, 0) is 14.3 Å². The predicted octanol–water partition coefficient (Wildman–Crippen LogP) is -1.73. The molecule has 0 radical (unpaired) electrons. The molecule has 0 aliphatic rings. The van der Waals surface area contributed by atoms with Crippen LogP contribution < -0.4 is 17.7 Å². The van der Waals surface area contributed by atoms with E-state index in [0.717, 1.165) is 23.9 Å². The van der Waals surface area contributed by atoms with E-state index in [2.05, 4.69) is 11.9 Å². The molecular formula is C15H27ClN2O3. The Hall–Kier alpha value is -1.33. The minimum atomic E-state index is -0.315. The molecule has 0 saturated heterocycles. The van der Waals surface area contributed by atoms with Crippen molar-refractivity contribution in [2.45, 2.75) is 19.8 Å². The van der Waals surface area contributed by atoms with Crippen LogP contribution >= 0.6 is 0 Å². The number of hydrogen-bond acceptors (Lipinski definition) is 3. The maximum absolute atomic E-state index is 11.4. The number of ether oxygens (including phenoxy) is 1. The van der Waals surface area contributed by atoms with Gasteiger partial charge >= 0.3 is 5.97 Å². The number of likely N-dealkylation sites (N-methyl/N-ethyl adjacent to an activating group) is 1. The van der Waals surface area contributed by atoms with E-state index in [9.17, 15) is 9.59 Å². The standard InChI is InChI=1S/C15H26N2O3.ClH/c1-13(2)15(19)16-10-8-6-7-9-14(18)20-12-11-17(3,4)5;/h7,9H,1,6,8,10-12H2,2-5H3;1H. The van der Waals surface area contributed by atoms with Gasteiger partial charge in [0.05, 0.1) is 21.1 Å². The van der Waals surface area contributed by atoms with Crippen LogP contribution in [0.3, 0.4) is 0 Å². The van der Waals surface area contributed by atoms with Gasteiger partial charge in [-0.3, -0.25) is 4.79 Å². The SMILES string of the molecule is C=C(C)C(=O)NCCCC=CC(=O)OCC[N+](C)(C)C.[Cl-]. The average Bonchev–Trinajstić information content (AvgIpc) is 2.31. The number of amides is 1. The molecule has 1 N–H and O–H groups in total. The van der Waals surface area contributed by atoms with Crippen molar-refractivity contribution in [2.75, 3.05) is 40.8 Å². The summed E-state index contributed by atoms with van der Waals surface area (Å²) in [6, 6.07) is 0. The summed E-state index contributed by atoms with van der Waals surface area (Å²) in [4.78, 5) is 22.5. The summed E-state index contributed by atoms with van der Waals surface area (Å²) >= 11 is 0. The number of nitrogens with zero attached hydrogens (tertiary/aromatic N) is 1. The quantitative estimate of drug-likeness (QED) is 0.238. The second-order valence-electron chi connectivity index (χ2n) is 5.76. The first-order valence-corrected chi connectivity index (χ1v) is 6.80. The highest BCUT2D eigenvalue weighted by Crippen LogP contribution is 1.94. The first-order valence-electron chi connectivity index (χ1n) is 6.80. The van der Waals surface area contributed by atoms with Crippen molar-refractivity contribution >= 4 is 11.9 Å². The van der Waals surface area contributed by atoms with Gasteiger partial charge in [-0.2, -0.15) is 0 Å². The van der Waals surface area contributed by atoms with Crippen LogP contribution in [0.2, 0.25) is 0 Å². The number of halogens is 1. The van der Waals surface area contributed by atoms with Gasteiger partial charge in [-0.05, 0) is 19.8 Å². The number of quaternary nitrogens is 1. The molecular weight excluding hydrogens is 292 g/mol. The Labute approximate surface area is 134 Å². The predicted molar refractivity (Wildman–Crippen MR) is 80.1 cm³/mol. The van der Waals surface area contributed by atoms with Crippen LogP contribution in [0.4, 0.5) is 0 Å². The summed E-state index contributed by atoms with van der Waals surface area (Å²) in [6.45, 7) is 7.00. The summed E-state index contributed by atoms with van der Waals surface area (Å²) in [7, 11) is 6.13. The maximum Gasteiger partial charge on any atom is 0.330 e. The van der Waals surface area contributed by atoms with Gasteiger partial charge in [0.25, 0.3) is 0 Å². The van der Waals surface area contributed by atoms with Gasteiger partial charge in [-0.15, -0.1) is 0 Å². The molecule has 0 aromatic heterocycles. The molecule has 0 spiro atoms. The highest BCUT2D eigenvalue weighted by molar-refractivity contribution is 5.92. The van der Waals surface area contributed by atoms with Gasteiger partial charge in [0.15, 0.2) is 0 Å². The van der Waals surface area contributed by atoms with E-state index in [1.54, 1.807) is 13.0 Å². The molecule has 0 unspecified atom stereocenters. The number of hydrogen-bond donors (Lipinski definition) is 1. The third-order valence-corrected chi connectivity index (χ3v) is 2.48. The molecule has 0 atom stereocenters. The van der Waals surface area contributed by atoms with E-state index >= 15 is 0 Å². The smallest absolute Gasteiger partial charge is 0.330 e. The first kappa shape index (κ1) is 22.0. The lowest BCUT2D eigenvalue weighted by atomic mass is 10.2. The molecule has 0 fully saturated rings. The van der Waals surface area contributed by atoms with Crippen molar-refractivity contribution in [3.8, 4) is 0 Å². The monoisotopic (exact) mass is 318 g/mol. The zero-order chi connectivity index (χ0) is 15.6. The van der Waals surface area contributed by atoms with E-state index in [0.29, 0.717) is 18.7 Å². The van der Waals surface area contributed by atoms with Crippen molar-refractivity contribution < 1.29 is 31.2 Å². The highest BCUT2D eigenvalue weighted by atomic mass is 35.5. The van der Waals surface area contributed by atoms with Crippen molar-refractivity contribution in [1.82, 2.24) is 5.32 Å². The number of carbonyl (C=O) groups excluding carboxylic acids is 2. The maximum atomic E-state index is 11.4. The molecule has 0 aromatic carbocycles. The van der Waals surface area contributed by atoms with E-state index in [1.807, 2.05) is 21.1 Å². The van der Waals surface area contributed by atoms with Crippen LogP contribution in [0, 0.1) is 0 Å². The molecule has 122 valence electrons. The number of esters is 1. The third-order valence-electron chi connectivity index (χ3n) is 2.48. The molecule has 0 aliphatic heterocycles. The van der Waals surface area contributed by atoms with Gasteiger partial charge in [-0.1, -0.05) is 12.7 Å². The Balaban J connectivity index is 0. The molecule has 0 saturated carbocycles. The summed E-state index contributed by atoms with van der Waals surface area (Å²) < 4.78 is 5.83. The van der Waals surface area contributed by atoms with E-state index < -0.39 is 0 Å². The Morgan fingerprint density at radius 1 is 1.29 bits per heavy atom. The Kier molecular flexibility index (Phi) is 11.9. The molecule has 0 bridgehead atoms. The molecule has 5 nitrogen and oxygen atoms in total. The van der Waals surface area contributed by atoms with Gasteiger partial charge in [0, 0.05) is 18.2 Å². The summed E-state index contributed by atoms with van der Waals surface area (Å²) in [5.41, 5.74) is 0.501. The molecule has 21 heavy (non-hydrogen) atoms. The summed E-state index contributed by atoms with van der Waals surface area (Å²) in [5, 5.41) is 2.73. The zero-order valence-corrected chi connectivity index (χ0v) is 14.2. The number of allylic oxidation sites excluding steroid dienone is 1. The first-order chi connectivity index (χ1) is 9.22. The van der Waals surface area contributed by atoms with Crippen LogP contribution in [0.15, 0.2) is 24.3 Å². The topological polar surface area (TPSA) is 55.4 Å². The van der Waals surface area contributed by atoms with Gasteiger partial charge in [0.2, 0.25) is 5.91 Å². The fourth-order valence-electron chi connectivity index (χ4n) is 1.22. The van der Waals surface area contributed by atoms with Gasteiger partial charge < -0.3 is 26.9 Å². The summed E-state index contributed by atoms with van der Waals surface area (Å²) in [6.07, 6.45) is 4.71. The largest absolute Gasteiger partial charge is 1.00 e. The lowest BCUT2D eigenvalue weighted by molar-refractivity contribution is -0.870. The minimum Gasteiger partial charge on any atom is -1.00 e. The molecule has 0 aliphatic carbocycles. The number of rotatable bonds is 9.